The smallest absolute Gasteiger partial charge is 0.264 e. The third-order valence-electron chi connectivity index (χ3n) is 2.49. The SMILES string of the molecule is CCc1noc(COc2cc(C#N)ccc2C)n1. The van der Waals surface area contributed by atoms with Crippen molar-refractivity contribution in [3.63, 3.8) is 0 Å². The molecule has 2 rings (SSSR count). The minimum absolute atomic E-state index is 0.211. The third kappa shape index (κ3) is 2.66. The predicted molar refractivity (Wildman–Crippen MR) is 63.9 cm³/mol. The molecule has 5 nitrogen and oxygen atoms in total. The Morgan fingerprint density at radius 2 is 2.28 bits per heavy atom. The number of hydrogen-bond acceptors (Lipinski definition) is 5. The number of hydrogen-bond donors (Lipinski definition) is 0. The van der Waals surface area contributed by atoms with Gasteiger partial charge in [0.25, 0.3) is 5.89 Å². The molecule has 0 N–H and O–H groups in total. The minimum Gasteiger partial charge on any atom is -0.483 e. The summed E-state index contributed by atoms with van der Waals surface area (Å²) >= 11 is 0. The van der Waals surface area contributed by atoms with Gasteiger partial charge in [-0.3, -0.25) is 0 Å². The Kier molecular flexibility index (Phi) is 3.58. The summed E-state index contributed by atoms with van der Waals surface area (Å²) in [6.45, 7) is 4.08. The maximum absolute atomic E-state index is 8.83. The first-order chi connectivity index (χ1) is 8.72. The van der Waals surface area contributed by atoms with Crippen molar-refractivity contribution in [1.29, 1.82) is 5.26 Å². The van der Waals surface area contributed by atoms with Crippen LogP contribution < -0.4 is 4.74 Å². The molecule has 0 aliphatic heterocycles. The summed E-state index contributed by atoms with van der Waals surface area (Å²) in [5, 5.41) is 12.6. The Morgan fingerprint density at radius 1 is 1.44 bits per heavy atom. The molecule has 0 spiro atoms. The first kappa shape index (κ1) is 12.1. The Morgan fingerprint density at radius 3 is 2.94 bits per heavy atom. The molecule has 18 heavy (non-hydrogen) atoms. The number of nitriles is 1. The molecule has 0 saturated carbocycles. The summed E-state index contributed by atoms with van der Waals surface area (Å²) < 4.78 is 10.6. The van der Waals surface area contributed by atoms with Crippen molar-refractivity contribution < 1.29 is 9.26 Å². The average molecular weight is 243 g/mol. The monoisotopic (exact) mass is 243 g/mol. The van der Waals surface area contributed by atoms with E-state index in [1.54, 1.807) is 12.1 Å². The van der Waals surface area contributed by atoms with Crippen LogP contribution in [-0.2, 0) is 13.0 Å². The maximum atomic E-state index is 8.83. The third-order valence-corrected chi connectivity index (χ3v) is 2.49. The zero-order valence-electron chi connectivity index (χ0n) is 10.3. The van der Waals surface area contributed by atoms with Crippen LogP contribution in [0.5, 0.6) is 5.75 Å². The van der Waals surface area contributed by atoms with E-state index >= 15 is 0 Å². The van der Waals surface area contributed by atoms with Crippen molar-refractivity contribution in [3.8, 4) is 11.8 Å². The van der Waals surface area contributed by atoms with E-state index in [4.69, 9.17) is 14.5 Å². The second-order valence-corrected chi connectivity index (χ2v) is 3.84. The van der Waals surface area contributed by atoms with E-state index in [0.29, 0.717) is 23.0 Å². The molecule has 0 atom stereocenters. The van der Waals surface area contributed by atoms with Crippen LogP contribution >= 0.6 is 0 Å². The Bertz CT molecular complexity index is 584. The Labute approximate surface area is 105 Å². The zero-order valence-corrected chi connectivity index (χ0v) is 10.3. The van der Waals surface area contributed by atoms with E-state index in [2.05, 4.69) is 16.2 Å². The molecule has 92 valence electrons. The van der Waals surface area contributed by atoms with Gasteiger partial charge in [0.2, 0.25) is 0 Å². The molecule has 1 aromatic carbocycles. The molecule has 0 aliphatic rings. The van der Waals surface area contributed by atoms with Crippen molar-refractivity contribution in [2.24, 2.45) is 0 Å². The summed E-state index contributed by atoms with van der Waals surface area (Å²) in [7, 11) is 0. The second-order valence-electron chi connectivity index (χ2n) is 3.84. The molecule has 0 unspecified atom stereocenters. The average Bonchev–Trinajstić information content (AvgIpc) is 2.86. The van der Waals surface area contributed by atoms with Gasteiger partial charge in [-0.2, -0.15) is 10.2 Å². The highest BCUT2D eigenvalue weighted by molar-refractivity contribution is 5.41. The predicted octanol–water partition coefficient (Wildman–Crippen LogP) is 2.39. The largest absolute Gasteiger partial charge is 0.483 e. The highest BCUT2D eigenvalue weighted by Gasteiger charge is 2.07. The van der Waals surface area contributed by atoms with Crippen molar-refractivity contribution in [2.75, 3.05) is 0 Å². The fraction of sp³-hybridized carbons (Fsp3) is 0.308. The molecule has 5 heteroatoms. The topological polar surface area (TPSA) is 71.9 Å². The van der Waals surface area contributed by atoms with E-state index in [9.17, 15) is 0 Å². The molecule has 2 aromatic rings. The second kappa shape index (κ2) is 5.32. The summed E-state index contributed by atoms with van der Waals surface area (Å²) in [4.78, 5) is 4.15. The van der Waals surface area contributed by atoms with Gasteiger partial charge in [-0.25, -0.2) is 0 Å². The van der Waals surface area contributed by atoms with Gasteiger partial charge in [0.1, 0.15) is 5.75 Å². The molecule has 0 aliphatic carbocycles. The van der Waals surface area contributed by atoms with Gasteiger partial charge >= 0.3 is 0 Å². The van der Waals surface area contributed by atoms with Crippen LogP contribution in [0.4, 0.5) is 0 Å². The fourth-order valence-corrected chi connectivity index (χ4v) is 1.46. The number of rotatable bonds is 4. The minimum atomic E-state index is 0.211. The Hall–Kier alpha value is -2.35. The van der Waals surface area contributed by atoms with E-state index in [-0.39, 0.29) is 6.61 Å². The number of aromatic nitrogens is 2. The van der Waals surface area contributed by atoms with Crippen molar-refractivity contribution in [1.82, 2.24) is 10.1 Å². The van der Waals surface area contributed by atoms with Gasteiger partial charge in [-0.05, 0) is 24.6 Å². The van der Waals surface area contributed by atoms with Crippen LogP contribution in [0.15, 0.2) is 22.7 Å². The van der Waals surface area contributed by atoms with Crippen LogP contribution in [0.25, 0.3) is 0 Å². The summed E-state index contributed by atoms with van der Waals surface area (Å²) in [5.41, 5.74) is 1.53. The number of benzene rings is 1. The molecule has 0 bridgehead atoms. The molecule has 0 fully saturated rings. The van der Waals surface area contributed by atoms with Crippen molar-refractivity contribution in [3.05, 3.63) is 41.0 Å². The van der Waals surface area contributed by atoms with Crippen LogP contribution in [0.2, 0.25) is 0 Å². The molecular weight excluding hydrogens is 230 g/mol. The van der Waals surface area contributed by atoms with Crippen LogP contribution in [0.3, 0.4) is 0 Å². The Balaban J connectivity index is 2.08. The number of nitrogens with zero attached hydrogens (tertiary/aromatic N) is 3. The standard InChI is InChI=1S/C13H13N3O2/c1-3-12-15-13(18-16-12)8-17-11-6-10(7-14)5-4-9(11)2/h4-6H,3,8H2,1-2H3. The van der Waals surface area contributed by atoms with E-state index in [1.807, 2.05) is 19.9 Å². The van der Waals surface area contributed by atoms with Gasteiger partial charge in [-0.1, -0.05) is 18.1 Å². The summed E-state index contributed by atoms with van der Waals surface area (Å²) in [6, 6.07) is 7.38. The van der Waals surface area contributed by atoms with Crippen LogP contribution in [0, 0.1) is 18.3 Å². The highest BCUT2D eigenvalue weighted by Crippen LogP contribution is 2.20. The first-order valence-corrected chi connectivity index (χ1v) is 5.68. The lowest BCUT2D eigenvalue weighted by Crippen LogP contribution is -1.98. The normalized spacial score (nSPS) is 10.1. The van der Waals surface area contributed by atoms with Gasteiger partial charge < -0.3 is 9.26 Å². The lowest BCUT2D eigenvalue weighted by molar-refractivity contribution is 0.241. The molecule has 1 heterocycles. The quantitative estimate of drug-likeness (QED) is 0.824. The van der Waals surface area contributed by atoms with Crippen LogP contribution in [0.1, 0.15) is 29.8 Å². The highest BCUT2D eigenvalue weighted by atomic mass is 16.5. The van der Waals surface area contributed by atoms with Crippen molar-refractivity contribution in [2.45, 2.75) is 26.9 Å². The van der Waals surface area contributed by atoms with E-state index < -0.39 is 0 Å². The summed E-state index contributed by atoms with van der Waals surface area (Å²) in [5.74, 6) is 1.76. The number of aryl methyl sites for hydroxylation is 2. The van der Waals surface area contributed by atoms with Gasteiger partial charge in [0, 0.05) is 6.42 Å². The molecule has 0 amide bonds. The molecular formula is C13H13N3O2. The zero-order chi connectivity index (χ0) is 13.0. The van der Waals surface area contributed by atoms with E-state index in [1.165, 1.54) is 0 Å². The fourth-order valence-electron chi connectivity index (χ4n) is 1.46. The lowest BCUT2D eigenvalue weighted by atomic mass is 10.1. The number of ether oxygens (including phenoxy) is 1. The summed E-state index contributed by atoms with van der Waals surface area (Å²) in [6.07, 6.45) is 0.729. The molecule has 0 radical (unpaired) electrons. The van der Waals surface area contributed by atoms with Gasteiger partial charge in [0.05, 0.1) is 11.6 Å². The van der Waals surface area contributed by atoms with Crippen molar-refractivity contribution >= 4 is 0 Å². The van der Waals surface area contributed by atoms with E-state index in [0.717, 1.165) is 12.0 Å². The van der Waals surface area contributed by atoms with Crippen LogP contribution in [-0.4, -0.2) is 10.1 Å². The lowest BCUT2D eigenvalue weighted by Gasteiger charge is -2.06. The van der Waals surface area contributed by atoms with Gasteiger partial charge in [0.15, 0.2) is 12.4 Å². The first-order valence-electron chi connectivity index (χ1n) is 5.68. The van der Waals surface area contributed by atoms with Gasteiger partial charge in [-0.15, -0.1) is 0 Å². The molecule has 0 saturated heterocycles. The maximum Gasteiger partial charge on any atom is 0.264 e. The molecule has 1 aromatic heterocycles.